The minimum Gasteiger partial charge on any atom is -0.497 e. The molecule has 4 N–H and O–H groups in total. The molecule has 1 aromatic carbocycles. The third kappa shape index (κ3) is 7.17. The fourth-order valence-corrected chi connectivity index (χ4v) is 4.49. The summed E-state index contributed by atoms with van der Waals surface area (Å²) < 4.78 is 31.7. The van der Waals surface area contributed by atoms with E-state index in [0.29, 0.717) is 30.0 Å². The van der Waals surface area contributed by atoms with Gasteiger partial charge in [0.05, 0.1) is 20.3 Å². The van der Waals surface area contributed by atoms with E-state index in [-0.39, 0.29) is 41.3 Å². The Labute approximate surface area is 222 Å². The first kappa shape index (κ1) is 28.8. The van der Waals surface area contributed by atoms with Gasteiger partial charge in [0.1, 0.15) is 28.5 Å². The van der Waals surface area contributed by atoms with Gasteiger partial charge in [-0.15, -0.1) is 0 Å². The monoisotopic (exact) mass is 532 g/mol. The number of aromatic nitrogens is 1. The summed E-state index contributed by atoms with van der Waals surface area (Å²) in [5.41, 5.74) is -0.441. The van der Waals surface area contributed by atoms with Crippen LogP contribution in [0.3, 0.4) is 0 Å². The normalized spacial score (nSPS) is 17.3. The molecule has 2 unspecified atom stereocenters. The zero-order chi connectivity index (χ0) is 28.0. The number of nitrogens with zero attached hydrogens (tertiary/aromatic N) is 1. The van der Waals surface area contributed by atoms with E-state index in [2.05, 4.69) is 20.9 Å². The molecule has 208 valence electrons. The lowest BCUT2D eigenvalue weighted by atomic mass is 9.90. The van der Waals surface area contributed by atoms with Crippen molar-refractivity contribution < 1.29 is 33.3 Å². The van der Waals surface area contributed by atoms with Crippen LogP contribution in [0.2, 0.25) is 0 Å². The van der Waals surface area contributed by atoms with E-state index in [1.165, 1.54) is 14.2 Å². The largest absolute Gasteiger partial charge is 0.497 e. The lowest BCUT2D eigenvalue weighted by molar-refractivity contribution is 0.0488. The highest BCUT2D eigenvalue weighted by Gasteiger charge is 2.31. The minimum atomic E-state index is -1.31. The lowest BCUT2D eigenvalue weighted by Gasteiger charge is -2.34. The summed E-state index contributed by atoms with van der Waals surface area (Å²) >= 11 is 0. The van der Waals surface area contributed by atoms with E-state index < -0.39 is 23.5 Å². The van der Waals surface area contributed by atoms with Gasteiger partial charge in [-0.2, -0.15) is 0 Å². The number of nitrogens with one attached hydrogen (secondary N) is 3. The smallest absolute Gasteiger partial charge is 0.407 e. The molecule has 2 aromatic rings. The number of alkyl carbamates (subject to hydrolysis) is 1. The Balaban J connectivity index is 1.98. The van der Waals surface area contributed by atoms with Crippen LogP contribution in [0, 0.1) is 5.82 Å². The summed E-state index contributed by atoms with van der Waals surface area (Å²) in [7, 11) is 3.00. The van der Waals surface area contributed by atoms with Crippen LogP contribution < -0.4 is 25.4 Å². The van der Waals surface area contributed by atoms with Crippen LogP contribution in [0.1, 0.15) is 69.3 Å². The van der Waals surface area contributed by atoms with Gasteiger partial charge in [0.15, 0.2) is 11.6 Å². The Morgan fingerprint density at radius 1 is 1.05 bits per heavy atom. The maximum absolute atomic E-state index is 15.6. The third-order valence-electron chi connectivity index (χ3n) is 6.21. The first-order chi connectivity index (χ1) is 17.9. The highest BCUT2D eigenvalue weighted by molar-refractivity contribution is 5.96. The Morgan fingerprint density at radius 2 is 1.66 bits per heavy atom. The van der Waals surface area contributed by atoms with Crippen molar-refractivity contribution in [1.29, 1.82) is 0 Å². The van der Waals surface area contributed by atoms with E-state index in [1.807, 2.05) is 0 Å². The summed E-state index contributed by atoms with van der Waals surface area (Å²) in [6.45, 7) is 7.03. The molecule has 2 atom stereocenters. The summed E-state index contributed by atoms with van der Waals surface area (Å²) in [4.78, 5) is 29.0. The van der Waals surface area contributed by atoms with Crippen molar-refractivity contribution in [3.63, 3.8) is 0 Å². The van der Waals surface area contributed by atoms with Gasteiger partial charge in [-0.25, -0.2) is 19.0 Å². The van der Waals surface area contributed by atoms with E-state index in [4.69, 9.17) is 14.2 Å². The Morgan fingerprint density at radius 3 is 2.18 bits per heavy atom. The molecule has 1 aromatic heterocycles. The number of carboxylic acids is 1. The Hall–Kier alpha value is -3.76. The molecule has 3 rings (SSSR count). The SMILES string of the molecule is CCc1c(F)c(NC2CCCCC2NC(=O)OC(C)(C)C)nc(Nc2cc(OC)cc(OC)c2)c1C(=O)O. The average molecular weight is 533 g/mol. The molecule has 1 aliphatic carbocycles. The van der Waals surface area contributed by atoms with Crippen molar-refractivity contribution in [3.05, 3.63) is 35.1 Å². The number of hydrogen-bond donors (Lipinski definition) is 4. The highest BCUT2D eigenvalue weighted by Crippen LogP contribution is 2.33. The molecule has 0 radical (unpaired) electrons. The fourth-order valence-electron chi connectivity index (χ4n) is 4.49. The summed E-state index contributed by atoms with van der Waals surface area (Å²) in [6, 6.07) is 4.33. The average Bonchev–Trinajstić information content (AvgIpc) is 2.85. The van der Waals surface area contributed by atoms with Gasteiger partial charge in [0, 0.05) is 35.5 Å². The van der Waals surface area contributed by atoms with Gasteiger partial charge in [-0.05, 0) is 40.0 Å². The molecule has 1 heterocycles. The number of amides is 1. The van der Waals surface area contributed by atoms with Crippen molar-refractivity contribution in [1.82, 2.24) is 10.3 Å². The number of halogens is 1. The van der Waals surface area contributed by atoms with E-state index in [9.17, 15) is 14.7 Å². The standard InChI is InChI=1S/C27H37FN4O6/c1-7-18-21(25(33)34)23(29-15-12-16(36-5)14-17(13-15)37-6)32-24(22(18)28)30-19-10-8-9-11-20(19)31-26(35)38-27(2,3)4/h12-14,19-20H,7-11H2,1-6H3,(H,31,35)(H,33,34)(H2,29,30,32). The third-order valence-corrected chi connectivity index (χ3v) is 6.21. The number of carboxylic acid groups (broad SMARTS) is 1. The molecule has 1 amide bonds. The van der Waals surface area contributed by atoms with Gasteiger partial charge < -0.3 is 35.3 Å². The van der Waals surface area contributed by atoms with Crippen LogP contribution in [0.15, 0.2) is 18.2 Å². The number of ether oxygens (including phenoxy) is 3. The van der Waals surface area contributed by atoms with Crippen LogP contribution in [0.25, 0.3) is 0 Å². The van der Waals surface area contributed by atoms with Crippen molar-refractivity contribution in [2.75, 3.05) is 24.9 Å². The number of pyridine rings is 1. The van der Waals surface area contributed by atoms with Gasteiger partial charge in [-0.1, -0.05) is 19.8 Å². The summed E-state index contributed by atoms with van der Waals surface area (Å²) in [6.07, 6.45) is 2.71. The summed E-state index contributed by atoms with van der Waals surface area (Å²) in [5.74, 6) is -1.19. The Kier molecular flexibility index (Phi) is 9.24. The zero-order valence-electron chi connectivity index (χ0n) is 22.7. The van der Waals surface area contributed by atoms with Gasteiger partial charge >= 0.3 is 12.1 Å². The summed E-state index contributed by atoms with van der Waals surface area (Å²) in [5, 5.41) is 19.0. The van der Waals surface area contributed by atoms with E-state index >= 15 is 4.39 Å². The second-order valence-electron chi connectivity index (χ2n) is 10.1. The quantitative estimate of drug-likeness (QED) is 0.331. The second-order valence-corrected chi connectivity index (χ2v) is 10.1. The number of benzene rings is 1. The van der Waals surface area contributed by atoms with Crippen LogP contribution in [-0.2, 0) is 11.2 Å². The molecular formula is C27H37FN4O6. The number of hydrogen-bond acceptors (Lipinski definition) is 8. The van der Waals surface area contributed by atoms with Crippen LogP contribution in [0.5, 0.6) is 11.5 Å². The van der Waals surface area contributed by atoms with Crippen molar-refractivity contribution >= 4 is 29.4 Å². The second kappa shape index (κ2) is 12.2. The maximum atomic E-state index is 15.6. The predicted molar refractivity (Wildman–Crippen MR) is 142 cm³/mol. The van der Waals surface area contributed by atoms with Crippen LogP contribution >= 0.6 is 0 Å². The topological polar surface area (TPSA) is 131 Å². The highest BCUT2D eigenvalue weighted by atomic mass is 19.1. The molecule has 11 heteroatoms. The molecule has 0 bridgehead atoms. The predicted octanol–water partition coefficient (Wildman–Crippen LogP) is 5.49. The lowest BCUT2D eigenvalue weighted by Crippen LogP contribution is -2.50. The van der Waals surface area contributed by atoms with Crippen molar-refractivity contribution in [2.24, 2.45) is 0 Å². The van der Waals surface area contributed by atoms with Gasteiger partial charge in [-0.3, -0.25) is 0 Å². The number of carbonyl (C=O) groups excluding carboxylic acids is 1. The number of aromatic carboxylic acids is 1. The molecule has 0 aliphatic heterocycles. The maximum Gasteiger partial charge on any atom is 0.407 e. The Bertz CT molecular complexity index is 1140. The van der Waals surface area contributed by atoms with Gasteiger partial charge in [0.25, 0.3) is 0 Å². The van der Waals surface area contributed by atoms with Crippen LogP contribution in [-0.4, -0.2) is 54.1 Å². The van der Waals surface area contributed by atoms with Crippen LogP contribution in [0.4, 0.5) is 26.5 Å². The number of carbonyl (C=O) groups is 2. The molecule has 0 spiro atoms. The van der Waals surface area contributed by atoms with Crippen molar-refractivity contribution in [2.45, 2.75) is 77.5 Å². The molecular weight excluding hydrogens is 495 g/mol. The number of rotatable bonds is 9. The molecule has 38 heavy (non-hydrogen) atoms. The minimum absolute atomic E-state index is 0.0137. The number of anilines is 3. The molecule has 1 saturated carbocycles. The zero-order valence-corrected chi connectivity index (χ0v) is 22.7. The van der Waals surface area contributed by atoms with E-state index in [0.717, 1.165) is 12.8 Å². The van der Waals surface area contributed by atoms with E-state index in [1.54, 1.807) is 45.9 Å². The molecule has 1 fully saturated rings. The first-order valence-electron chi connectivity index (χ1n) is 12.7. The molecule has 1 aliphatic rings. The number of methoxy groups -OCH3 is 2. The van der Waals surface area contributed by atoms with Gasteiger partial charge in [0.2, 0.25) is 0 Å². The molecule has 10 nitrogen and oxygen atoms in total. The van der Waals surface area contributed by atoms with Crippen molar-refractivity contribution in [3.8, 4) is 11.5 Å². The molecule has 0 saturated heterocycles. The fraction of sp³-hybridized carbons (Fsp3) is 0.519. The first-order valence-corrected chi connectivity index (χ1v) is 12.7.